The van der Waals surface area contributed by atoms with Crippen molar-refractivity contribution in [1.82, 2.24) is 20.2 Å². The van der Waals surface area contributed by atoms with Crippen molar-refractivity contribution >= 4 is 45.4 Å². The van der Waals surface area contributed by atoms with Crippen LogP contribution in [0.25, 0.3) is 5.69 Å². The molecular formula is C21H17ClN6O2S. The number of halogens is 1. The van der Waals surface area contributed by atoms with Crippen LogP contribution in [0.3, 0.4) is 0 Å². The molecule has 0 spiro atoms. The highest BCUT2D eigenvalue weighted by Crippen LogP contribution is 2.29. The predicted molar refractivity (Wildman–Crippen MR) is 120 cm³/mol. The van der Waals surface area contributed by atoms with Crippen molar-refractivity contribution in [1.29, 1.82) is 0 Å². The molecule has 0 saturated carbocycles. The molecule has 0 saturated heterocycles. The van der Waals surface area contributed by atoms with Crippen LogP contribution in [0.15, 0.2) is 54.6 Å². The second-order valence-electron chi connectivity index (χ2n) is 6.70. The number of hydrogen-bond acceptors (Lipinski definition) is 6. The Morgan fingerprint density at radius 1 is 1.00 bits per heavy atom. The molecule has 4 aromatic rings. The first-order valence-corrected chi connectivity index (χ1v) is 10.4. The summed E-state index contributed by atoms with van der Waals surface area (Å²) in [5.41, 5.74) is 2.46. The number of carbonyl (C=O) groups is 2. The van der Waals surface area contributed by atoms with Crippen LogP contribution in [0.2, 0.25) is 5.02 Å². The lowest BCUT2D eigenvalue weighted by Crippen LogP contribution is -2.12. The minimum atomic E-state index is -0.330. The van der Waals surface area contributed by atoms with E-state index < -0.39 is 0 Å². The van der Waals surface area contributed by atoms with Crippen molar-refractivity contribution < 1.29 is 9.59 Å². The molecule has 0 unspecified atom stereocenters. The molecule has 2 aromatic heterocycles. The highest BCUT2D eigenvalue weighted by molar-refractivity contribution is 7.18. The Morgan fingerprint density at radius 2 is 1.81 bits per heavy atom. The third-order valence-electron chi connectivity index (χ3n) is 4.45. The number of nitrogens with one attached hydrogen (secondary N) is 2. The van der Waals surface area contributed by atoms with E-state index in [0.717, 1.165) is 11.3 Å². The third-order valence-corrected chi connectivity index (χ3v) is 5.93. The summed E-state index contributed by atoms with van der Waals surface area (Å²) in [4.78, 5) is 25.8. The lowest BCUT2D eigenvalue weighted by atomic mass is 10.2. The van der Waals surface area contributed by atoms with Gasteiger partial charge in [0.2, 0.25) is 0 Å². The molecule has 0 radical (unpaired) electrons. The Bertz CT molecular complexity index is 1280. The first kappa shape index (κ1) is 20.7. The summed E-state index contributed by atoms with van der Waals surface area (Å²) in [6.45, 7) is 3.61. The van der Waals surface area contributed by atoms with E-state index in [1.807, 2.05) is 19.1 Å². The highest BCUT2D eigenvalue weighted by Gasteiger charge is 2.17. The maximum atomic E-state index is 12.8. The van der Waals surface area contributed by atoms with Gasteiger partial charge in [0.25, 0.3) is 11.8 Å². The van der Waals surface area contributed by atoms with Crippen LogP contribution in [0, 0.1) is 13.8 Å². The molecule has 4 rings (SSSR count). The molecule has 0 bridgehead atoms. The number of aromatic nitrogens is 4. The molecule has 10 heteroatoms. The van der Waals surface area contributed by atoms with Crippen LogP contribution in [-0.2, 0) is 0 Å². The molecule has 8 nitrogen and oxygen atoms in total. The Kier molecular flexibility index (Phi) is 5.79. The fourth-order valence-electron chi connectivity index (χ4n) is 2.97. The lowest BCUT2D eigenvalue weighted by Gasteiger charge is -2.07. The van der Waals surface area contributed by atoms with E-state index in [2.05, 4.69) is 26.2 Å². The molecule has 0 fully saturated rings. The van der Waals surface area contributed by atoms with Gasteiger partial charge in [0, 0.05) is 5.69 Å². The first-order valence-electron chi connectivity index (χ1n) is 9.25. The van der Waals surface area contributed by atoms with Crippen LogP contribution in [-0.4, -0.2) is 32.0 Å². The van der Waals surface area contributed by atoms with Crippen LogP contribution < -0.4 is 10.6 Å². The molecule has 31 heavy (non-hydrogen) atoms. The minimum Gasteiger partial charge on any atom is -0.321 e. The maximum absolute atomic E-state index is 12.8. The third kappa shape index (κ3) is 4.47. The number of benzene rings is 2. The summed E-state index contributed by atoms with van der Waals surface area (Å²) in [7, 11) is 0. The summed E-state index contributed by atoms with van der Waals surface area (Å²) in [5.74, 6) is 0.0335. The molecule has 0 aliphatic rings. The van der Waals surface area contributed by atoms with Gasteiger partial charge in [-0.1, -0.05) is 29.8 Å². The second kappa shape index (κ2) is 8.66. The number of rotatable bonds is 5. The van der Waals surface area contributed by atoms with Gasteiger partial charge in [0.15, 0.2) is 5.82 Å². The lowest BCUT2D eigenvalue weighted by molar-refractivity contribution is 0.102. The van der Waals surface area contributed by atoms with E-state index in [0.29, 0.717) is 32.0 Å². The monoisotopic (exact) mass is 452 g/mol. The molecule has 2 heterocycles. The summed E-state index contributed by atoms with van der Waals surface area (Å²) < 4.78 is 1.58. The van der Waals surface area contributed by atoms with Gasteiger partial charge >= 0.3 is 0 Å². The SMILES string of the molecule is Cc1cc(NC(=O)c2ccccc2Cl)sc1C(=O)Nc1cccc(-n2nnnc2C)c1. The van der Waals surface area contributed by atoms with E-state index in [1.165, 1.54) is 11.3 Å². The highest BCUT2D eigenvalue weighted by atomic mass is 35.5. The normalized spacial score (nSPS) is 10.7. The van der Waals surface area contributed by atoms with E-state index in [4.69, 9.17) is 11.6 Å². The molecule has 2 aromatic carbocycles. The minimum absolute atomic E-state index is 0.272. The second-order valence-corrected chi connectivity index (χ2v) is 8.16. The number of tetrazole rings is 1. The maximum Gasteiger partial charge on any atom is 0.266 e. The molecule has 156 valence electrons. The fourth-order valence-corrected chi connectivity index (χ4v) is 4.15. The van der Waals surface area contributed by atoms with Crippen molar-refractivity contribution in [3.8, 4) is 5.69 Å². The quantitative estimate of drug-likeness (QED) is 0.464. The molecular weight excluding hydrogens is 436 g/mol. The van der Waals surface area contributed by atoms with Gasteiger partial charge in [-0.15, -0.1) is 16.4 Å². The number of aryl methyl sites for hydroxylation is 2. The molecule has 0 atom stereocenters. The largest absolute Gasteiger partial charge is 0.321 e. The zero-order valence-corrected chi connectivity index (χ0v) is 18.2. The van der Waals surface area contributed by atoms with Crippen LogP contribution in [0.1, 0.15) is 31.4 Å². The van der Waals surface area contributed by atoms with E-state index in [9.17, 15) is 9.59 Å². The summed E-state index contributed by atoms with van der Waals surface area (Å²) in [6.07, 6.45) is 0. The average Bonchev–Trinajstić information content (AvgIpc) is 3.33. The number of nitrogens with zero attached hydrogens (tertiary/aromatic N) is 4. The summed E-state index contributed by atoms with van der Waals surface area (Å²) in [5, 5.41) is 18.1. The van der Waals surface area contributed by atoms with Gasteiger partial charge in [-0.2, -0.15) is 4.68 Å². The molecule has 2 amide bonds. The number of hydrogen-bond donors (Lipinski definition) is 2. The smallest absolute Gasteiger partial charge is 0.266 e. The van der Waals surface area contributed by atoms with Gasteiger partial charge in [0.05, 0.1) is 26.2 Å². The number of anilines is 2. The summed E-state index contributed by atoms with van der Waals surface area (Å²) in [6, 6.07) is 15.8. The van der Waals surface area contributed by atoms with Crippen LogP contribution in [0.4, 0.5) is 10.7 Å². The molecule has 2 N–H and O–H groups in total. The van der Waals surface area contributed by atoms with Crippen LogP contribution in [0.5, 0.6) is 0 Å². The van der Waals surface area contributed by atoms with Crippen molar-refractivity contribution in [3.63, 3.8) is 0 Å². The van der Waals surface area contributed by atoms with E-state index >= 15 is 0 Å². The zero-order valence-electron chi connectivity index (χ0n) is 16.6. The fraction of sp³-hybridized carbons (Fsp3) is 0.0952. The Hall–Kier alpha value is -3.56. The Balaban J connectivity index is 1.50. The standard InChI is InChI=1S/C21H17ClN6O2S/c1-12-10-18(24-20(29)16-8-3-4-9-17(16)22)31-19(12)21(30)23-14-6-5-7-15(11-14)28-13(2)25-26-27-28/h3-11H,1-2H3,(H,23,30)(H,24,29). The molecule has 0 aliphatic carbocycles. The summed E-state index contributed by atoms with van der Waals surface area (Å²) >= 11 is 7.28. The van der Waals surface area contributed by atoms with Gasteiger partial charge in [-0.05, 0) is 66.2 Å². The average molecular weight is 453 g/mol. The zero-order chi connectivity index (χ0) is 22.0. The van der Waals surface area contributed by atoms with Gasteiger partial charge in [-0.3, -0.25) is 9.59 Å². The van der Waals surface area contributed by atoms with E-state index in [1.54, 1.807) is 54.1 Å². The van der Waals surface area contributed by atoms with Crippen molar-refractivity contribution in [3.05, 3.63) is 81.4 Å². The number of thiophene rings is 1. The van der Waals surface area contributed by atoms with Crippen molar-refractivity contribution in [2.75, 3.05) is 10.6 Å². The topological polar surface area (TPSA) is 102 Å². The number of amides is 2. The van der Waals surface area contributed by atoms with E-state index in [-0.39, 0.29) is 11.8 Å². The van der Waals surface area contributed by atoms with Gasteiger partial charge < -0.3 is 10.6 Å². The van der Waals surface area contributed by atoms with Gasteiger partial charge in [0.1, 0.15) is 0 Å². The van der Waals surface area contributed by atoms with Crippen molar-refractivity contribution in [2.45, 2.75) is 13.8 Å². The van der Waals surface area contributed by atoms with Gasteiger partial charge in [-0.25, -0.2) is 0 Å². The van der Waals surface area contributed by atoms with Crippen LogP contribution >= 0.6 is 22.9 Å². The molecule has 0 aliphatic heterocycles. The number of carbonyl (C=O) groups excluding carboxylic acids is 2. The first-order chi connectivity index (χ1) is 14.9. The van der Waals surface area contributed by atoms with Crippen molar-refractivity contribution in [2.24, 2.45) is 0 Å². The Morgan fingerprint density at radius 3 is 2.55 bits per heavy atom. The predicted octanol–water partition coefficient (Wildman–Crippen LogP) is 4.50. The Labute approximate surface area is 186 Å².